The Hall–Kier alpha value is -2.98. The highest BCUT2D eigenvalue weighted by atomic mass is 16.2. The second kappa shape index (κ2) is 8.58. The van der Waals surface area contributed by atoms with E-state index in [0.29, 0.717) is 0 Å². The van der Waals surface area contributed by atoms with Crippen LogP contribution in [-0.2, 0) is 17.8 Å². The Morgan fingerprint density at radius 1 is 0.966 bits per heavy atom. The van der Waals surface area contributed by atoms with E-state index < -0.39 is 5.54 Å². The minimum atomic E-state index is -0.497. The number of rotatable bonds is 6. The Morgan fingerprint density at radius 2 is 1.66 bits per heavy atom. The molecule has 148 valence electrons. The molecule has 29 heavy (non-hydrogen) atoms. The summed E-state index contributed by atoms with van der Waals surface area (Å²) < 4.78 is 0. The molecule has 1 aliphatic rings. The molecule has 1 saturated heterocycles. The molecule has 1 atom stereocenters. The Bertz CT molecular complexity index is 941. The van der Waals surface area contributed by atoms with Gasteiger partial charge in [-0.3, -0.25) is 14.7 Å². The molecule has 4 nitrogen and oxygen atoms in total. The van der Waals surface area contributed by atoms with Gasteiger partial charge in [-0.2, -0.15) is 0 Å². The number of benzene rings is 2. The van der Waals surface area contributed by atoms with Gasteiger partial charge in [0.05, 0.1) is 0 Å². The minimum Gasteiger partial charge on any atom is -0.358 e. The van der Waals surface area contributed by atoms with Crippen molar-refractivity contribution in [1.29, 1.82) is 0 Å². The fraction of sp³-hybridized carbons (Fsp3) is 0.280. The van der Waals surface area contributed by atoms with Crippen molar-refractivity contribution in [2.75, 3.05) is 13.6 Å². The minimum absolute atomic E-state index is 0.115. The average Bonchev–Trinajstić information content (AvgIpc) is 3.18. The number of aromatic nitrogens is 1. The molecular weight excluding hydrogens is 358 g/mol. The zero-order valence-electron chi connectivity index (χ0n) is 16.8. The van der Waals surface area contributed by atoms with Crippen LogP contribution in [0.2, 0.25) is 0 Å². The first-order valence-electron chi connectivity index (χ1n) is 10.2. The highest BCUT2D eigenvalue weighted by Gasteiger charge is 2.46. The summed E-state index contributed by atoms with van der Waals surface area (Å²) in [5.74, 6) is 0.115. The molecule has 0 saturated carbocycles. The van der Waals surface area contributed by atoms with E-state index in [0.717, 1.165) is 43.5 Å². The third-order valence-electron chi connectivity index (χ3n) is 5.95. The lowest BCUT2D eigenvalue weighted by Gasteiger charge is -2.37. The molecular formula is C25H27N3O. The van der Waals surface area contributed by atoms with Gasteiger partial charge in [-0.05, 0) is 60.2 Å². The molecule has 2 heterocycles. The van der Waals surface area contributed by atoms with Crippen molar-refractivity contribution in [3.05, 3.63) is 90.3 Å². The quantitative estimate of drug-likeness (QED) is 0.696. The molecule has 1 aliphatic heterocycles. The summed E-state index contributed by atoms with van der Waals surface area (Å²) >= 11 is 0. The van der Waals surface area contributed by atoms with E-state index in [-0.39, 0.29) is 5.91 Å². The van der Waals surface area contributed by atoms with Gasteiger partial charge in [0.2, 0.25) is 5.91 Å². The first-order valence-corrected chi connectivity index (χ1v) is 10.2. The summed E-state index contributed by atoms with van der Waals surface area (Å²) in [5.41, 5.74) is 4.25. The van der Waals surface area contributed by atoms with Crippen molar-refractivity contribution in [3.8, 4) is 11.1 Å². The second-order valence-electron chi connectivity index (χ2n) is 7.73. The van der Waals surface area contributed by atoms with Gasteiger partial charge in [-0.25, -0.2) is 0 Å². The summed E-state index contributed by atoms with van der Waals surface area (Å²) in [6.45, 7) is 1.74. The van der Waals surface area contributed by atoms with Crippen LogP contribution in [0.25, 0.3) is 11.1 Å². The van der Waals surface area contributed by atoms with Crippen molar-refractivity contribution in [2.24, 2.45) is 0 Å². The van der Waals surface area contributed by atoms with Gasteiger partial charge in [-0.1, -0.05) is 54.6 Å². The maximum absolute atomic E-state index is 13.1. The number of carbonyl (C=O) groups is 1. The highest BCUT2D eigenvalue weighted by molar-refractivity contribution is 5.87. The molecule has 2 aromatic carbocycles. The van der Waals surface area contributed by atoms with Crippen LogP contribution in [-0.4, -0.2) is 34.9 Å². The maximum atomic E-state index is 13.1. The predicted octanol–water partition coefficient (Wildman–Crippen LogP) is 4.07. The Morgan fingerprint density at radius 3 is 2.34 bits per heavy atom. The number of nitrogens with zero attached hydrogens (tertiary/aromatic N) is 2. The van der Waals surface area contributed by atoms with Crippen LogP contribution in [0.3, 0.4) is 0 Å². The Labute approximate surface area is 172 Å². The first-order chi connectivity index (χ1) is 14.2. The molecule has 0 bridgehead atoms. The summed E-state index contributed by atoms with van der Waals surface area (Å²) in [5, 5.41) is 2.93. The zero-order valence-corrected chi connectivity index (χ0v) is 16.8. The van der Waals surface area contributed by atoms with Gasteiger partial charge >= 0.3 is 0 Å². The molecule has 1 fully saturated rings. The molecule has 0 spiro atoms. The van der Waals surface area contributed by atoms with E-state index in [4.69, 9.17) is 0 Å². The molecule has 3 aromatic rings. The van der Waals surface area contributed by atoms with Crippen molar-refractivity contribution >= 4 is 5.91 Å². The normalized spacial score (nSPS) is 19.2. The smallest absolute Gasteiger partial charge is 0.240 e. The number of hydrogen-bond acceptors (Lipinski definition) is 3. The largest absolute Gasteiger partial charge is 0.358 e. The molecule has 0 radical (unpaired) electrons. The molecule has 1 amide bonds. The van der Waals surface area contributed by atoms with E-state index in [1.54, 1.807) is 7.05 Å². The molecule has 1 aromatic heterocycles. The topological polar surface area (TPSA) is 45.2 Å². The number of amides is 1. The lowest BCUT2D eigenvalue weighted by atomic mass is 9.86. The van der Waals surface area contributed by atoms with Gasteiger partial charge in [0.25, 0.3) is 0 Å². The summed E-state index contributed by atoms with van der Waals surface area (Å²) in [6.07, 6.45) is 6.25. The maximum Gasteiger partial charge on any atom is 0.240 e. The van der Waals surface area contributed by atoms with Gasteiger partial charge in [-0.15, -0.1) is 0 Å². The van der Waals surface area contributed by atoms with Gasteiger partial charge < -0.3 is 5.32 Å². The van der Waals surface area contributed by atoms with Crippen LogP contribution < -0.4 is 5.32 Å². The Balaban J connectivity index is 1.59. The highest BCUT2D eigenvalue weighted by Crippen LogP contribution is 2.35. The second-order valence-corrected chi connectivity index (χ2v) is 7.73. The third-order valence-corrected chi connectivity index (χ3v) is 5.95. The van der Waals surface area contributed by atoms with Gasteiger partial charge in [0, 0.05) is 26.0 Å². The number of carbonyl (C=O) groups excluding carboxylic acids is 1. The molecule has 4 heteroatoms. The number of hydrogen-bond donors (Lipinski definition) is 1. The van der Waals surface area contributed by atoms with E-state index in [9.17, 15) is 4.79 Å². The molecule has 4 rings (SSSR count). The van der Waals surface area contributed by atoms with Crippen molar-refractivity contribution in [1.82, 2.24) is 15.2 Å². The monoisotopic (exact) mass is 385 g/mol. The van der Waals surface area contributed by atoms with Gasteiger partial charge in [0.1, 0.15) is 5.54 Å². The van der Waals surface area contributed by atoms with E-state index in [2.05, 4.69) is 63.7 Å². The predicted molar refractivity (Wildman–Crippen MR) is 116 cm³/mol. The van der Waals surface area contributed by atoms with Crippen LogP contribution in [0.1, 0.15) is 24.0 Å². The average molecular weight is 386 g/mol. The van der Waals surface area contributed by atoms with Crippen LogP contribution in [0.5, 0.6) is 0 Å². The summed E-state index contributed by atoms with van der Waals surface area (Å²) in [4.78, 5) is 19.5. The molecule has 1 N–H and O–H groups in total. The number of nitrogens with one attached hydrogen (secondary N) is 1. The first kappa shape index (κ1) is 19.3. The Kier molecular flexibility index (Phi) is 5.72. The number of likely N-dealkylation sites (N-methyl/N-ethyl adjacent to an activating group) is 1. The number of pyridine rings is 1. The van der Waals surface area contributed by atoms with Crippen LogP contribution in [0.4, 0.5) is 0 Å². The SMILES string of the molecule is CNC(=O)C1(Cc2ccc(-c3ccncc3)cc2)CCCN1Cc1ccccc1. The molecule has 1 unspecified atom stereocenters. The van der Waals surface area contributed by atoms with Crippen LogP contribution in [0.15, 0.2) is 79.1 Å². The number of likely N-dealkylation sites (tertiary alicyclic amines) is 1. The zero-order chi connectivity index (χ0) is 20.1. The van der Waals surface area contributed by atoms with Crippen molar-refractivity contribution in [2.45, 2.75) is 31.3 Å². The fourth-order valence-electron chi connectivity index (χ4n) is 4.44. The van der Waals surface area contributed by atoms with E-state index >= 15 is 0 Å². The summed E-state index contributed by atoms with van der Waals surface area (Å²) in [7, 11) is 1.75. The summed E-state index contributed by atoms with van der Waals surface area (Å²) in [6, 6.07) is 23.0. The fourth-order valence-corrected chi connectivity index (χ4v) is 4.44. The van der Waals surface area contributed by atoms with Crippen LogP contribution >= 0.6 is 0 Å². The lowest BCUT2D eigenvalue weighted by Crippen LogP contribution is -2.55. The van der Waals surface area contributed by atoms with E-state index in [1.807, 2.05) is 30.6 Å². The van der Waals surface area contributed by atoms with E-state index in [1.165, 1.54) is 11.1 Å². The standard InChI is InChI=1S/C25H27N3O/c1-26-24(29)25(14-5-17-28(25)19-21-6-3-2-4-7-21)18-20-8-10-22(11-9-20)23-12-15-27-16-13-23/h2-4,6-13,15-16H,5,14,17-19H2,1H3,(H,26,29). The van der Waals surface area contributed by atoms with Crippen molar-refractivity contribution in [3.63, 3.8) is 0 Å². The van der Waals surface area contributed by atoms with Crippen LogP contribution in [0, 0.1) is 0 Å². The molecule has 0 aliphatic carbocycles. The van der Waals surface area contributed by atoms with Gasteiger partial charge in [0.15, 0.2) is 0 Å². The lowest BCUT2D eigenvalue weighted by molar-refractivity contribution is -0.131. The third kappa shape index (κ3) is 4.08. The van der Waals surface area contributed by atoms with Crippen molar-refractivity contribution < 1.29 is 4.79 Å².